The molecule has 0 aliphatic carbocycles. The van der Waals surface area contributed by atoms with Gasteiger partial charge in [-0.15, -0.1) is 0 Å². The summed E-state index contributed by atoms with van der Waals surface area (Å²) in [6, 6.07) is 5.62. The Morgan fingerprint density at radius 2 is 2.12 bits per heavy atom. The summed E-state index contributed by atoms with van der Waals surface area (Å²) in [5, 5.41) is 10.6. The molecule has 6 nitrogen and oxygen atoms in total. The van der Waals surface area contributed by atoms with Crippen LogP contribution in [0.2, 0.25) is 0 Å². The Kier molecular flexibility index (Phi) is 4.26. The van der Waals surface area contributed by atoms with Crippen molar-refractivity contribution < 1.29 is 19.2 Å². The molecule has 0 aliphatic rings. The van der Waals surface area contributed by atoms with E-state index in [1.165, 1.54) is 24.3 Å². The Hall–Kier alpha value is -2.11. The molecule has 1 aromatic carbocycles. The molecule has 6 heteroatoms. The Balaban J connectivity index is 2.73. The van der Waals surface area contributed by atoms with Crippen molar-refractivity contribution >= 4 is 11.8 Å². The molecule has 0 heterocycles. The van der Waals surface area contributed by atoms with E-state index in [2.05, 4.69) is 4.74 Å². The summed E-state index contributed by atoms with van der Waals surface area (Å²) >= 11 is 0. The van der Waals surface area contributed by atoms with Crippen molar-refractivity contribution in [3.8, 4) is 5.75 Å². The van der Waals surface area contributed by atoms with E-state index in [0.717, 1.165) is 0 Å². The number of nitro benzene ring substituents is 1. The molecule has 0 bridgehead atoms. The maximum absolute atomic E-state index is 11.1. The smallest absolute Gasteiger partial charge is 0.434 e. The van der Waals surface area contributed by atoms with Crippen molar-refractivity contribution in [3.63, 3.8) is 0 Å². The molecule has 0 unspecified atom stereocenters. The number of hydrogen-bond acceptors (Lipinski definition) is 5. The van der Waals surface area contributed by atoms with Crippen molar-refractivity contribution in [1.82, 2.24) is 0 Å². The molecular formula is C10H11NO5. The minimum atomic E-state index is -0.934. The molecule has 0 N–H and O–H groups in total. The lowest BCUT2D eigenvalue weighted by Crippen LogP contribution is -2.11. The van der Waals surface area contributed by atoms with Crippen LogP contribution < -0.4 is 4.74 Å². The van der Waals surface area contributed by atoms with Crippen molar-refractivity contribution in [2.24, 2.45) is 0 Å². The van der Waals surface area contributed by atoms with Gasteiger partial charge >= 0.3 is 11.8 Å². The van der Waals surface area contributed by atoms with E-state index in [4.69, 9.17) is 4.74 Å². The van der Waals surface area contributed by atoms with E-state index in [0.29, 0.717) is 6.42 Å². The third-order valence-electron chi connectivity index (χ3n) is 1.68. The summed E-state index contributed by atoms with van der Waals surface area (Å²) in [4.78, 5) is 21.0. The summed E-state index contributed by atoms with van der Waals surface area (Å²) in [7, 11) is 0. The van der Waals surface area contributed by atoms with Gasteiger partial charge < -0.3 is 9.47 Å². The third kappa shape index (κ3) is 3.23. The zero-order chi connectivity index (χ0) is 12.0. The predicted molar refractivity (Wildman–Crippen MR) is 55.4 cm³/mol. The summed E-state index contributed by atoms with van der Waals surface area (Å²) < 4.78 is 9.35. The van der Waals surface area contributed by atoms with Gasteiger partial charge in [-0.2, -0.15) is 0 Å². The van der Waals surface area contributed by atoms with Crippen molar-refractivity contribution in [3.05, 3.63) is 34.4 Å². The van der Waals surface area contributed by atoms with Crippen molar-refractivity contribution in [2.45, 2.75) is 13.3 Å². The van der Waals surface area contributed by atoms with E-state index in [1.807, 2.05) is 6.92 Å². The van der Waals surface area contributed by atoms with Gasteiger partial charge in [0.05, 0.1) is 11.5 Å². The van der Waals surface area contributed by atoms with Crippen LogP contribution in [0.3, 0.4) is 0 Å². The first-order chi connectivity index (χ1) is 7.65. The fraction of sp³-hybridized carbons (Fsp3) is 0.300. The Morgan fingerprint density at radius 1 is 1.44 bits per heavy atom. The summed E-state index contributed by atoms with van der Waals surface area (Å²) in [5.74, 6) is -0.117. The zero-order valence-electron chi connectivity index (χ0n) is 8.71. The second-order valence-electron chi connectivity index (χ2n) is 2.93. The lowest BCUT2D eigenvalue weighted by molar-refractivity contribution is -0.385. The molecule has 0 aliphatic heterocycles. The highest BCUT2D eigenvalue weighted by Crippen LogP contribution is 2.25. The molecule has 0 spiro atoms. The Labute approximate surface area is 91.9 Å². The van der Waals surface area contributed by atoms with Gasteiger partial charge in [0.1, 0.15) is 0 Å². The van der Waals surface area contributed by atoms with Crippen LogP contribution in [0.5, 0.6) is 5.75 Å². The second kappa shape index (κ2) is 5.69. The van der Waals surface area contributed by atoms with Gasteiger partial charge in [0.15, 0.2) is 0 Å². The number of benzene rings is 1. The highest BCUT2D eigenvalue weighted by molar-refractivity contribution is 5.66. The molecule has 86 valence electrons. The predicted octanol–water partition coefficient (Wildman–Crippen LogP) is 2.52. The topological polar surface area (TPSA) is 78.7 Å². The Bertz CT molecular complexity index is 391. The third-order valence-corrected chi connectivity index (χ3v) is 1.68. The summed E-state index contributed by atoms with van der Waals surface area (Å²) in [5.41, 5.74) is -0.268. The fourth-order valence-electron chi connectivity index (χ4n) is 0.999. The van der Waals surface area contributed by atoms with Gasteiger partial charge in [-0.1, -0.05) is 19.1 Å². The van der Waals surface area contributed by atoms with Crippen LogP contribution >= 0.6 is 0 Å². The number of nitro groups is 1. The van der Waals surface area contributed by atoms with Crippen LogP contribution in [-0.2, 0) is 4.74 Å². The fourth-order valence-corrected chi connectivity index (χ4v) is 0.999. The average Bonchev–Trinajstić information content (AvgIpc) is 2.27. The highest BCUT2D eigenvalue weighted by Gasteiger charge is 2.17. The molecular weight excluding hydrogens is 214 g/mol. The van der Waals surface area contributed by atoms with Crippen LogP contribution in [-0.4, -0.2) is 17.7 Å². The quantitative estimate of drug-likeness (QED) is 0.340. The number of hydrogen-bond donors (Lipinski definition) is 0. The molecule has 0 aromatic heterocycles. The molecule has 16 heavy (non-hydrogen) atoms. The first-order valence-corrected chi connectivity index (χ1v) is 4.73. The lowest BCUT2D eigenvalue weighted by Gasteiger charge is -2.04. The van der Waals surface area contributed by atoms with Crippen molar-refractivity contribution in [1.29, 1.82) is 0 Å². The molecule has 0 saturated heterocycles. The number of nitrogens with zero attached hydrogens (tertiary/aromatic N) is 1. The number of para-hydroxylation sites is 2. The summed E-state index contributed by atoms with van der Waals surface area (Å²) in [6.45, 7) is 2.05. The maximum Gasteiger partial charge on any atom is 0.514 e. The van der Waals surface area contributed by atoms with Crippen LogP contribution in [0.25, 0.3) is 0 Å². The van der Waals surface area contributed by atoms with Gasteiger partial charge in [0.25, 0.3) is 0 Å². The first-order valence-electron chi connectivity index (χ1n) is 4.73. The van der Waals surface area contributed by atoms with Crippen molar-refractivity contribution in [2.75, 3.05) is 6.61 Å². The first kappa shape index (κ1) is 12.0. The molecule has 0 atom stereocenters. The monoisotopic (exact) mass is 225 g/mol. The molecule has 1 rings (SSSR count). The molecule has 0 radical (unpaired) electrons. The second-order valence-corrected chi connectivity index (χ2v) is 2.93. The minimum absolute atomic E-state index is 0.117. The molecule has 0 amide bonds. The Morgan fingerprint density at radius 3 is 2.75 bits per heavy atom. The van der Waals surface area contributed by atoms with Gasteiger partial charge in [-0.25, -0.2) is 4.79 Å². The van der Waals surface area contributed by atoms with Gasteiger partial charge in [-0.05, 0) is 12.5 Å². The van der Waals surface area contributed by atoms with E-state index >= 15 is 0 Å². The molecule has 0 fully saturated rings. The zero-order valence-corrected chi connectivity index (χ0v) is 8.71. The van der Waals surface area contributed by atoms with Gasteiger partial charge in [-0.3, -0.25) is 10.1 Å². The van der Waals surface area contributed by atoms with E-state index in [-0.39, 0.29) is 18.0 Å². The number of carbonyl (C=O) groups excluding carboxylic acids is 1. The maximum atomic E-state index is 11.1. The number of rotatable bonds is 4. The van der Waals surface area contributed by atoms with Gasteiger partial charge in [0, 0.05) is 6.07 Å². The van der Waals surface area contributed by atoms with Crippen LogP contribution in [0, 0.1) is 10.1 Å². The van der Waals surface area contributed by atoms with E-state index in [1.54, 1.807) is 0 Å². The normalized spacial score (nSPS) is 9.56. The van der Waals surface area contributed by atoms with Crippen LogP contribution in [0.1, 0.15) is 13.3 Å². The average molecular weight is 225 g/mol. The van der Waals surface area contributed by atoms with Crippen LogP contribution in [0.15, 0.2) is 24.3 Å². The molecule has 1 aromatic rings. The van der Waals surface area contributed by atoms with E-state index in [9.17, 15) is 14.9 Å². The molecule has 0 saturated carbocycles. The number of carbonyl (C=O) groups is 1. The number of ether oxygens (including phenoxy) is 2. The highest BCUT2D eigenvalue weighted by atomic mass is 16.7. The largest absolute Gasteiger partial charge is 0.514 e. The summed E-state index contributed by atoms with van der Waals surface area (Å²) in [6.07, 6.45) is -0.275. The SMILES string of the molecule is CCCOC(=O)Oc1ccccc1[N+](=O)[O-]. The lowest BCUT2D eigenvalue weighted by atomic mass is 10.3. The van der Waals surface area contributed by atoms with Crippen LogP contribution in [0.4, 0.5) is 10.5 Å². The van der Waals surface area contributed by atoms with E-state index < -0.39 is 11.1 Å². The standard InChI is InChI=1S/C10H11NO5/c1-2-7-15-10(12)16-9-6-4-3-5-8(9)11(13)14/h3-6H,2,7H2,1H3. The van der Waals surface area contributed by atoms with Gasteiger partial charge in [0.2, 0.25) is 5.75 Å². The minimum Gasteiger partial charge on any atom is -0.434 e.